The van der Waals surface area contributed by atoms with Gasteiger partial charge in [0.25, 0.3) is 5.56 Å². The molecule has 7 nitrogen and oxygen atoms in total. The summed E-state index contributed by atoms with van der Waals surface area (Å²) in [5.74, 6) is 2.31. The number of ether oxygens (including phenoxy) is 1. The highest BCUT2D eigenvalue weighted by atomic mass is 32.2. The molecule has 4 aromatic rings. The Hall–Kier alpha value is -2.65. The Balaban J connectivity index is 1.32. The van der Waals surface area contributed by atoms with Crippen LogP contribution in [0.25, 0.3) is 16.3 Å². The first-order valence-corrected chi connectivity index (χ1v) is 12.4. The van der Waals surface area contributed by atoms with Crippen LogP contribution in [0.2, 0.25) is 0 Å². The highest BCUT2D eigenvalue weighted by molar-refractivity contribution is 7.98. The monoisotopic (exact) mass is 453 g/mol. The van der Waals surface area contributed by atoms with E-state index in [4.69, 9.17) is 4.74 Å². The van der Waals surface area contributed by atoms with Crippen molar-refractivity contribution >= 4 is 28.1 Å². The van der Waals surface area contributed by atoms with Crippen LogP contribution in [-0.2, 0) is 12.3 Å². The number of nitrogens with zero attached hydrogens (tertiary/aromatic N) is 5. The third-order valence-corrected chi connectivity index (χ3v) is 7.21. The smallest absolute Gasteiger partial charge is 0.258 e. The number of benzene rings is 1. The summed E-state index contributed by atoms with van der Waals surface area (Å²) >= 11 is 3.00. The van der Waals surface area contributed by atoms with Crippen LogP contribution < -0.4 is 10.3 Å². The second kappa shape index (κ2) is 8.84. The first-order chi connectivity index (χ1) is 15.2. The Kier molecular flexibility index (Phi) is 5.78. The van der Waals surface area contributed by atoms with Gasteiger partial charge in [0.2, 0.25) is 0 Å². The number of thiazole rings is 1. The maximum atomic E-state index is 12.2. The predicted octanol–water partition coefficient (Wildman–Crippen LogP) is 4.65. The van der Waals surface area contributed by atoms with Gasteiger partial charge in [0, 0.05) is 35.5 Å². The van der Waals surface area contributed by atoms with Crippen LogP contribution in [0.15, 0.2) is 51.9 Å². The van der Waals surface area contributed by atoms with Crippen molar-refractivity contribution in [3.63, 3.8) is 0 Å². The molecule has 160 valence electrons. The molecule has 0 unspecified atom stereocenters. The number of rotatable bonds is 7. The number of fused-ring (bicyclic) bond motifs is 1. The van der Waals surface area contributed by atoms with Crippen molar-refractivity contribution in [2.75, 3.05) is 0 Å². The van der Waals surface area contributed by atoms with E-state index in [1.54, 1.807) is 28.4 Å². The van der Waals surface area contributed by atoms with Crippen LogP contribution in [0.5, 0.6) is 5.75 Å². The summed E-state index contributed by atoms with van der Waals surface area (Å²) in [5.41, 5.74) is 1.70. The van der Waals surface area contributed by atoms with Gasteiger partial charge >= 0.3 is 0 Å². The molecular formula is C22H23N5O2S2. The van der Waals surface area contributed by atoms with Crippen molar-refractivity contribution < 1.29 is 4.74 Å². The molecule has 0 spiro atoms. The summed E-state index contributed by atoms with van der Waals surface area (Å²) in [6.45, 7) is 2.84. The normalized spacial score (nSPS) is 14.5. The molecule has 1 aliphatic carbocycles. The van der Waals surface area contributed by atoms with E-state index in [2.05, 4.69) is 26.7 Å². The highest BCUT2D eigenvalue weighted by Gasteiger charge is 2.17. The fourth-order valence-electron chi connectivity index (χ4n) is 3.88. The molecule has 3 heterocycles. The van der Waals surface area contributed by atoms with E-state index in [1.165, 1.54) is 24.2 Å². The Bertz CT molecular complexity index is 1240. The predicted molar refractivity (Wildman–Crippen MR) is 123 cm³/mol. The van der Waals surface area contributed by atoms with Gasteiger partial charge in [-0.1, -0.05) is 11.8 Å². The molecule has 5 rings (SSSR count). The number of thioether (sulfide) groups is 1. The van der Waals surface area contributed by atoms with Gasteiger partial charge < -0.3 is 9.30 Å². The quantitative estimate of drug-likeness (QED) is 0.379. The zero-order valence-corrected chi connectivity index (χ0v) is 18.9. The maximum absolute atomic E-state index is 12.2. The molecule has 0 aliphatic heterocycles. The van der Waals surface area contributed by atoms with E-state index in [0.717, 1.165) is 47.4 Å². The summed E-state index contributed by atoms with van der Waals surface area (Å²) in [5, 5.41) is 11.5. The molecule has 0 radical (unpaired) electrons. The first kappa shape index (κ1) is 20.3. The molecule has 1 aromatic carbocycles. The summed E-state index contributed by atoms with van der Waals surface area (Å²) in [7, 11) is 0. The van der Waals surface area contributed by atoms with Crippen molar-refractivity contribution in [3.05, 3.63) is 58.0 Å². The lowest BCUT2D eigenvalue weighted by Gasteiger charge is -2.13. The summed E-state index contributed by atoms with van der Waals surface area (Å²) in [6.07, 6.45) is 6.91. The minimum atomic E-state index is -0.0561. The molecule has 0 amide bonds. The lowest BCUT2D eigenvalue weighted by molar-refractivity contribution is 0.210. The van der Waals surface area contributed by atoms with Crippen molar-refractivity contribution in [2.24, 2.45) is 0 Å². The van der Waals surface area contributed by atoms with Crippen molar-refractivity contribution in [3.8, 4) is 17.1 Å². The van der Waals surface area contributed by atoms with Crippen molar-refractivity contribution in [1.29, 1.82) is 0 Å². The molecule has 31 heavy (non-hydrogen) atoms. The third-order valence-electron chi connectivity index (χ3n) is 5.46. The fraction of sp³-hybridized carbons (Fsp3) is 0.364. The van der Waals surface area contributed by atoms with Gasteiger partial charge in [-0.25, -0.2) is 4.98 Å². The average Bonchev–Trinajstić information content (AvgIpc) is 3.53. The molecule has 9 heteroatoms. The third kappa shape index (κ3) is 4.24. The van der Waals surface area contributed by atoms with Gasteiger partial charge in [0.05, 0.1) is 11.8 Å². The lowest BCUT2D eigenvalue weighted by atomic mass is 10.2. The number of aromatic nitrogens is 5. The van der Waals surface area contributed by atoms with Crippen molar-refractivity contribution in [1.82, 2.24) is 24.1 Å². The minimum Gasteiger partial charge on any atom is -0.490 e. The van der Waals surface area contributed by atoms with E-state index in [0.29, 0.717) is 16.8 Å². The van der Waals surface area contributed by atoms with Crippen LogP contribution >= 0.6 is 23.1 Å². The molecule has 0 N–H and O–H groups in total. The summed E-state index contributed by atoms with van der Waals surface area (Å²) in [4.78, 5) is 17.5. The van der Waals surface area contributed by atoms with Gasteiger partial charge in [-0.15, -0.1) is 21.5 Å². The van der Waals surface area contributed by atoms with E-state index in [9.17, 15) is 4.79 Å². The Morgan fingerprint density at radius 1 is 1.19 bits per heavy atom. The second-order valence-electron chi connectivity index (χ2n) is 7.53. The number of hydrogen-bond acceptors (Lipinski definition) is 7. The molecule has 3 aromatic heterocycles. The molecule has 0 bridgehead atoms. The van der Waals surface area contributed by atoms with Crippen LogP contribution in [0.3, 0.4) is 0 Å². The van der Waals surface area contributed by atoms with Crippen molar-refractivity contribution in [2.45, 2.75) is 56.2 Å². The van der Waals surface area contributed by atoms with Crippen LogP contribution in [0.1, 0.15) is 38.3 Å². The van der Waals surface area contributed by atoms with Crippen LogP contribution in [-0.4, -0.2) is 30.3 Å². The Morgan fingerprint density at radius 3 is 2.77 bits per heavy atom. The zero-order valence-electron chi connectivity index (χ0n) is 17.2. The van der Waals surface area contributed by atoms with E-state index >= 15 is 0 Å². The lowest BCUT2D eigenvalue weighted by Crippen LogP contribution is -2.12. The van der Waals surface area contributed by atoms with Gasteiger partial charge in [0.15, 0.2) is 15.9 Å². The molecule has 1 aliphatic rings. The molecule has 0 saturated heterocycles. The summed E-state index contributed by atoms with van der Waals surface area (Å²) < 4.78 is 9.72. The van der Waals surface area contributed by atoms with Crippen LogP contribution in [0, 0.1) is 0 Å². The van der Waals surface area contributed by atoms with Gasteiger partial charge in [0.1, 0.15) is 5.75 Å². The summed E-state index contributed by atoms with van der Waals surface area (Å²) in [6, 6.07) is 9.71. The molecule has 1 fully saturated rings. The Labute approximate surface area is 188 Å². The number of hydrogen-bond donors (Lipinski definition) is 0. The van der Waals surface area contributed by atoms with Crippen LogP contribution in [0.4, 0.5) is 0 Å². The van der Waals surface area contributed by atoms with E-state index in [1.807, 2.05) is 29.6 Å². The minimum absolute atomic E-state index is 0.0561. The Morgan fingerprint density at radius 2 is 2.00 bits per heavy atom. The highest BCUT2D eigenvalue weighted by Crippen LogP contribution is 2.29. The largest absolute Gasteiger partial charge is 0.490 e. The molecule has 0 atom stereocenters. The molecular weight excluding hydrogens is 430 g/mol. The van der Waals surface area contributed by atoms with E-state index < -0.39 is 0 Å². The fourth-order valence-corrected chi connectivity index (χ4v) is 5.51. The molecule has 1 saturated carbocycles. The first-order valence-electron chi connectivity index (χ1n) is 10.5. The topological polar surface area (TPSA) is 74.3 Å². The standard InChI is InChI=1S/C22H23N5O2S2/c1-2-26-20(15-7-9-18(10-8-15)29-17-5-3-4-6-17)24-25-22(26)31-14-16-13-19(28)27-11-12-30-21(27)23-16/h7-13,17H,2-6,14H2,1H3. The van der Waals surface area contributed by atoms with Gasteiger partial charge in [-0.3, -0.25) is 9.20 Å². The van der Waals surface area contributed by atoms with E-state index in [-0.39, 0.29) is 5.56 Å². The SMILES string of the molecule is CCn1c(SCc2cc(=O)n3ccsc3n2)nnc1-c1ccc(OC2CCCC2)cc1. The zero-order chi connectivity index (χ0) is 21.2. The average molecular weight is 454 g/mol. The van der Waals surface area contributed by atoms with Gasteiger partial charge in [-0.05, 0) is 56.9 Å². The second-order valence-corrected chi connectivity index (χ2v) is 9.34. The maximum Gasteiger partial charge on any atom is 0.258 e. The van der Waals surface area contributed by atoms with Gasteiger partial charge in [-0.2, -0.15) is 0 Å².